The molecule has 2 heterocycles. The minimum absolute atomic E-state index is 0.0537. The molecule has 3 aromatic carbocycles. The molecule has 5 rings (SSSR count). The molecule has 2 amide bonds. The summed E-state index contributed by atoms with van der Waals surface area (Å²) in [6.07, 6.45) is 0. The number of carbonyl (C=O) groups excluding carboxylic acids is 2. The molecule has 0 bridgehead atoms. The number of nitrogens with zero attached hydrogens (tertiary/aromatic N) is 2. The Hall–Kier alpha value is -3.66. The van der Waals surface area contributed by atoms with Crippen LogP contribution in [0.5, 0.6) is 0 Å². The van der Waals surface area contributed by atoms with E-state index in [1.54, 1.807) is 18.2 Å². The van der Waals surface area contributed by atoms with E-state index in [2.05, 4.69) is 31.5 Å². The monoisotopic (exact) mass is 636 g/mol. The van der Waals surface area contributed by atoms with Crippen LogP contribution in [0.25, 0.3) is 11.3 Å². The van der Waals surface area contributed by atoms with Crippen LogP contribution in [0.4, 0.5) is 11.4 Å². The number of halogens is 2. The first-order chi connectivity index (χ1) is 19.3. The van der Waals surface area contributed by atoms with Gasteiger partial charge in [-0.1, -0.05) is 57.9 Å². The van der Waals surface area contributed by atoms with E-state index in [1.807, 2.05) is 72.5 Å². The molecular formula is C30H26BrClN4O3S. The maximum absolute atomic E-state index is 12.9. The van der Waals surface area contributed by atoms with E-state index in [1.165, 1.54) is 0 Å². The second-order valence-corrected chi connectivity index (χ2v) is 11.1. The van der Waals surface area contributed by atoms with E-state index in [-0.39, 0.29) is 16.8 Å². The van der Waals surface area contributed by atoms with Crippen molar-refractivity contribution in [3.05, 3.63) is 105 Å². The maximum Gasteiger partial charge on any atom is 0.293 e. The van der Waals surface area contributed by atoms with Crippen LogP contribution in [-0.4, -0.2) is 48.0 Å². The lowest BCUT2D eigenvalue weighted by Gasteiger charge is -2.36. The zero-order chi connectivity index (χ0) is 28.2. The van der Waals surface area contributed by atoms with Gasteiger partial charge >= 0.3 is 0 Å². The second kappa shape index (κ2) is 12.2. The summed E-state index contributed by atoms with van der Waals surface area (Å²) in [6.45, 7) is 4.51. The first kappa shape index (κ1) is 27.9. The largest absolute Gasteiger partial charge is 0.451 e. The molecule has 0 spiro atoms. The molecule has 1 aromatic heterocycles. The standard InChI is InChI=1S/C30H26BrClN4O3S/c1-19-4-2-3-5-23(19)29(38)36-16-14-35(15-17-36)25-11-10-22(18-24(25)32)33-30(40)34-28(37)27-13-12-26(39-27)20-6-8-21(31)9-7-20/h2-13,18H,14-17H2,1H3,(H2,33,34,37,40). The molecule has 1 aliphatic heterocycles. The van der Waals surface area contributed by atoms with Gasteiger partial charge in [0.25, 0.3) is 11.8 Å². The first-order valence-electron chi connectivity index (χ1n) is 12.7. The third-order valence-electron chi connectivity index (χ3n) is 6.67. The molecule has 204 valence electrons. The van der Waals surface area contributed by atoms with Gasteiger partial charge in [-0.25, -0.2) is 0 Å². The zero-order valence-electron chi connectivity index (χ0n) is 21.6. The molecule has 1 fully saturated rings. The summed E-state index contributed by atoms with van der Waals surface area (Å²) >= 11 is 15.4. The van der Waals surface area contributed by atoms with Crippen LogP contribution in [0.2, 0.25) is 5.02 Å². The zero-order valence-corrected chi connectivity index (χ0v) is 24.8. The SMILES string of the molecule is Cc1ccccc1C(=O)N1CCN(c2ccc(NC(=S)NC(=O)c3ccc(-c4ccc(Br)cc4)o3)cc2Cl)CC1. The van der Waals surface area contributed by atoms with Crippen LogP contribution < -0.4 is 15.5 Å². The number of piperazine rings is 1. The lowest BCUT2D eigenvalue weighted by atomic mass is 10.1. The fraction of sp³-hybridized carbons (Fsp3) is 0.167. The highest BCUT2D eigenvalue weighted by molar-refractivity contribution is 9.10. The molecule has 0 atom stereocenters. The van der Waals surface area contributed by atoms with Crippen molar-refractivity contribution >= 4 is 68.1 Å². The minimum Gasteiger partial charge on any atom is -0.451 e. The number of hydrogen-bond acceptors (Lipinski definition) is 5. The fourth-order valence-electron chi connectivity index (χ4n) is 4.53. The van der Waals surface area contributed by atoms with Gasteiger partial charge in [-0.15, -0.1) is 0 Å². The van der Waals surface area contributed by atoms with E-state index in [0.29, 0.717) is 42.6 Å². The lowest BCUT2D eigenvalue weighted by Crippen LogP contribution is -2.49. The average molecular weight is 638 g/mol. The van der Waals surface area contributed by atoms with Gasteiger partial charge in [0.05, 0.1) is 10.7 Å². The average Bonchev–Trinajstić information content (AvgIpc) is 3.44. The molecule has 2 N–H and O–H groups in total. The van der Waals surface area contributed by atoms with Crippen LogP contribution in [0.3, 0.4) is 0 Å². The number of benzene rings is 3. The van der Waals surface area contributed by atoms with E-state index in [0.717, 1.165) is 26.9 Å². The highest BCUT2D eigenvalue weighted by atomic mass is 79.9. The third-order valence-corrected chi connectivity index (χ3v) is 7.71. The predicted molar refractivity (Wildman–Crippen MR) is 166 cm³/mol. The minimum atomic E-state index is -0.457. The summed E-state index contributed by atoms with van der Waals surface area (Å²) in [6, 6.07) is 24.1. The van der Waals surface area contributed by atoms with Gasteiger partial charge in [0.15, 0.2) is 10.9 Å². The normalized spacial score (nSPS) is 13.2. The number of amides is 2. The summed E-state index contributed by atoms with van der Waals surface area (Å²) in [5.74, 6) is 0.328. The molecule has 1 saturated heterocycles. The summed E-state index contributed by atoms with van der Waals surface area (Å²) in [4.78, 5) is 29.6. The second-order valence-electron chi connectivity index (χ2n) is 9.34. The van der Waals surface area contributed by atoms with E-state index < -0.39 is 5.91 Å². The van der Waals surface area contributed by atoms with Crippen LogP contribution in [-0.2, 0) is 0 Å². The smallest absolute Gasteiger partial charge is 0.293 e. The van der Waals surface area contributed by atoms with Gasteiger partial charge in [0.1, 0.15) is 5.76 Å². The van der Waals surface area contributed by atoms with Crippen molar-refractivity contribution in [2.24, 2.45) is 0 Å². The van der Waals surface area contributed by atoms with Crippen molar-refractivity contribution in [2.75, 3.05) is 36.4 Å². The van der Waals surface area contributed by atoms with Crippen molar-refractivity contribution < 1.29 is 14.0 Å². The number of hydrogen-bond donors (Lipinski definition) is 2. The predicted octanol–water partition coefficient (Wildman–Crippen LogP) is 6.76. The first-order valence-corrected chi connectivity index (χ1v) is 14.2. The van der Waals surface area contributed by atoms with Gasteiger partial charge in [0.2, 0.25) is 0 Å². The molecule has 0 radical (unpaired) electrons. The number of carbonyl (C=O) groups is 2. The van der Waals surface area contributed by atoms with E-state index in [9.17, 15) is 9.59 Å². The van der Waals surface area contributed by atoms with E-state index >= 15 is 0 Å². The molecule has 7 nitrogen and oxygen atoms in total. The Morgan fingerprint density at radius 2 is 1.68 bits per heavy atom. The molecule has 0 aliphatic carbocycles. The highest BCUT2D eigenvalue weighted by Gasteiger charge is 2.24. The molecule has 10 heteroatoms. The third kappa shape index (κ3) is 6.38. The maximum atomic E-state index is 12.9. The van der Waals surface area contributed by atoms with Crippen molar-refractivity contribution in [3.8, 4) is 11.3 Å². The number of furan rings is 1. The highest BCUT2D eigenvalue weighted by Crippen LogP contribution is 2.30. The molecule has 0 unspecified atom stereocenters. The summed E-state index contributed by atoms with van der Waals surface area (Å²) in [7, 11) is 0. The Labute approximate surface area is 251 Å². The molecule has 4 aromatic rings. The topological polar surface area (TPSA) is 77.8 Å². The number of nitrogens with one attached hydrogen (secondary N) is 2. The summed E-state index contributed by atoms with van der Waals surface area (Å²) in [5.41, 5.74) is 4.09. The van der Waals surface area contributed by atoms with Crippen LogP contribution in [0, 0.1) is 6.92 Å². The summed E-state index contributed by atoms with van der Waals surface area (Å²) < 4.78 is 6.67. The molecule has 0 saturated carbocycles. The number of rotatable bonds is 5. The van der Waals surface area contributed by atoms with Crippen LogP contribution >= 0.6 is 39.7 Å². The van der Waals surface area contributed by atoms with Crippen molar-refractivity contribution in [3.63, 3.8) is 0 Å². The van der Waals surface area contributed by atoms with Crippen LogP contribution in [0.1, 0.15) is 26.5 Å². The Kier molecular flexibility index (Phi) is 8.54. The summed E-state index contributed by atoms with van der Waals surface area (Å²) in [5, 5.41) is 6.31. The number of thiocarbonyl (C=S) groups is 1. The number of anilines is 2. The Balaban J connectivity index is 1.15. The van der Waals surface area contributed by atoms with E-state index in [4.69, 9.17) is 28.2 Å². The van der Waals surface area contributed by atoms with Crippen molar-refractivity contribution in [1.29, 1.82) is 0 Å². The van der Waals surface area contributed by atoms with Gasteiger partial charge in [0, 0.05) is 47.5 Å². The Morgan fingerprint density at radius 3 is 2.38 bits per heavy atom. The Morgan fingerprint density at radius 1 is 0.950 bits per heavy atom. The van der Waals surface area contributed by atoms with Crippen LogP contribution in [0.15, 0.2) is 87.8 Å². The van der Waals surface area contributed by atoms with Gasteiger partial charge in [-0.3, -0.25) is 14.9 Å². The quantitative estimate of drug-likeness (QED) is 0.236. The lowest BCUT2D eigenvalue weighted by molar-refractivity contribution is 0.0746. The molecular weight excluding hydrogens is 612 g/mol. The van der Waals surface area contributed by atoms with Gasteiger partial charge in [-0.2, -0.15) is 0 Å². The Bertz CT molecular complexity index is 1570. The van der Waals surface area contributed by atoms with Crippen molar-refractivity contribution in [1.82, 2.24) is 10.2 Å². The fourth-order valence-corrected chi connectivity index (χ4v) is 5.31. The van der Waals surface area contributed by atoms with Gasteiger partial charge in [-0.05, 0) is 73.2 Å². The molecule has 40 heavy (non-hydrogen) atoms. The van der Waals surface area contributed by atoms with Crippen molar-refractivity contribution in [2.45, 2.75) is 6.92 Å². The number of aryl methyl sites for hydroxylation is 1. The van der Waals surface area contributed by atoms with Gasteiger partial charge < -0.3 is 19.5 Å². The molecule has 1 aliphatic rings.